The summed E-state index contributed by atoms with van der Waals surface area (Å²) in [6.07, 6.45) is 2.01. The van der Waals surface area contributed by atoms with Crippen LogP contribution in [0.2, 0.25) is 0 Å². The molecule has 1 fully saturated rings. The molecule has 6 heteroatoms. The quantitative estimate of drug-likeness (QED) is 0.554. The average Bonchev–Trinajstić information content (AvgIpc) is 3.36. The van der Waals surface area contributed by atoms with Crippen molar-refractivity contribution in [2.75, 3.05) is 18.5 Å². The maximum Gasteiger partial charge on any atom is 0.259 e. The number of amides is 2. The summed E-state index contributed by atoms with van der Waals surface area (Å²) < 4.78 is 11.5. The number of hydrogen-bond donors (Lipinski definition) is 2. The lowest BCUT2D eigenvalue weighted by Gasteiger charge is -2.15. The summed E-state index contributed by atoms with van der Waals surface area (Å²) in [4.78, 5) is 25.8. The highest BCUT2D eigenvalue weighted by Gasteiger charge is 2.19. The predicted octanol–water partition coefficient (Wildman–Crippen LogP) is 4.43. The molecule has 0 aromatic heterocycles. The molecule has 1 saturated heterocycles. The average molecular weight is 431 g/mol. The SMILES string of the molecule is O=C(NC[C@@H]1CCCO1)c1ccccc1NC(=O)c1ccccc1OCc1ccccc1. The molecule has 0 aliphatic carbocycles. The molecule has 0 saturated carbocycles. The minimum absolute atomic E-state index is 0.0503. The summed E-state index contributed by atoms with van der Waals surface area (Å²) in [5.41, 5.74) is 2.26. The van der Waals surface area contributed by atoms with Gasteiger partial charge in [-0.25, -0.2) is 0 Å². The van der Waals surface area contributed by atoms with E-state index >= 15 is 0 Å². The third kappa shape index (κ3) is 5.53. The summed E-state index contributed by atoms with van der Waals surface area (Å²) in [5.74, 6) is -0.104. The maximum atomic E-state index is 13.0. The van der Waals surface area contributed by atoms with Crippen LogP contribution in [0.5, 0.6) is 5.75 Å². The monoisotopic (exact) mass is 430 g/mol. The maximum absolute atomic E-state index is 13.0. The molecular formula is C26H26N2O4. The molecule has 0 bridgehead atoms. The van der Waals surface area contributed by atoms with E-state index in [1.54, 1.807) is 42.5 Å². The van der Waals surface area contributed by atoms with Gasteiger partial charge in [-0.2, -0.15) is 0 Å². The lowest BCUT2D eigenvalue weighted by Crippen LogP contribution is -2.32. The second-order valence-electron chi connectivity index (χ2n) is 7.62. The molecule has 1 atom stereocenters. The van der Waals surface area contributed by atoms with Crippen LogP contribution in [0.4, 0.5) is 5.69 Å². The van der Waals surface area contributed by atoms with E-state index in [4.69, 9.17) is 9.47 Å². The number of carbonyl (C=O) groups excluding carboxylic acids is 2. The Labute approximate surface area is 187 Å². The second kappa shape index (κ2) is 10.6. The van der Waals surface area contributed by atoms with Gasteiger partial charge in [0.05, 0.1) is 22.9 Å². The number of hydrogen-bond acceptors (Lipinski definition) is 4. The van der Waals surface area contributed by atoms with Gasteiger partial charge in [0.1, 0.15) is 12.4 Å². The van der Waals surface area contributed by atoms with Crippen LogP contribution < -0.4 is 15.4 Å². The van der Waals surface area contributed by atoms with Crippen LogP contribution in [0.15, 0.2) is 78.9 Å². The Balaban J connectivity index is 1.44. The topological polar surface area (TPSA) is 76.7 Å². The number of rotatable bonds is 8. The highest BCUT2D eigenvalue weighted by atomic mass is 16.5. The van der Waals surface area contributed by atoms with Gasteiger partial charge in [0, 0.05) is 13.2 Å². The van der Waals surface area contributed by atoms with Gasteiger partial charge in [0.2, 0.25) is 0 Å². The zero-order chi connectivity index (χ0) is 22.2. The van der Waals surface area contributed by atoms with Gasteiger partial charge in [-0.05, 0) is 42.7 Å². The van der Waals surface area contributed by atoms with Crippen molar-refractivity contribution in [3.63, 3.8) is 0 Å². The Morgan fingerprint density at radius 1 is 0.875 bits per heavy atom. The Hall–Kier alpha value is -3.64. The molecule has 1 aliphatic rings. The van der Waals surface area contributed by atoms with Crippen molar-refractivity contribution in [3.8, 4) is 5.75 Å². The first-order valence-electron chi connectivity index (χ1n) is 10.8. The summed E-state index contributed by atoms with van der Waals surface area (Å²) in [6, 6.07) is 23.8. The van der Waals surface area contributed by atoms with Gasteiger partial charge in [0.15, 0.2) is 0 Å². The molecule has 0 unspecified atom stereocenters. The van der Waals surface area contributed by atoms with Crippen molar-refractivity contribution in [1.29, 1.82) is 0 Å². The van der Waals surface area contributed by atoms with Crippen molar-refractivity contribution < 1.29 is 19.1 Å². The third-order valence-electron chi connectivity index (χ3n) is 5.30. The summed E-state index contributed by atoms with van der Waals surface area (Å²) in [7, 11) is 0. The largest absolute Gasteiger partial charge is 0.488 e. The van der Waals surface area contributed by atoms with Crippen LogP contribution >= 0.6 is 0 Å². The van der Waals surface area contributed by atoms with E-state index < -0.39 is 0 Å². The van der Waals surface area contributed by atoms with Crippen molar-refractivity contribution in [1.82, 2.24) is 5.32 Å². The van der Waals surface area contributed by atoms with Crippen LogP contribution in [-0.4, -0.2) is 31.1 Å². The fourth-order valence-electron chi connectivity index (χ4n) is 3.60. The van der Waals surface area contributed by atoms with E-state index in [2.05, 4.69) is 10.6 Å². The molecule has 164 valence electrons. The van der Waals surface area contributed by atoms with E-state index in [1.165, 1.54) is 0 Å². The van der Waals surface area contributed by atoms with Crippen molar-refractivity contribution >= 4 is 17.5 Å². The number of nitrogens with one attached hydrogen (secondary N) is 2. The van der Waals surface area contributed by atoms with Gasteiger partial charge in [-0.1, -0.05) is 54.6 Å². The van der Waals surface area contributed by atoms with Crippen LogP contribution in [0, 0.1) is 0 Å². The Morgan fingerprint density at radius 3 is 2.38 bits per heavy atom. The standard InChI is InChI=1S/C26H26N2O4/c29-25(27-17-20-11-8-16-31-20)21-12-4-6-14-23(21)28-26(30)22-13-5-7-15-24(22)32-18-19-9-2-1-3-10-19/h1-7,9-10,12-15,20H,8,11,16-18H2,(H,27,29)(H,28,30)/t20-/m0/s1. The fraction of sp³-hybridized carbons (Fsp3) is 0.231. The Kier molecular flexibility index (Phi) is 7.15. The summed E-state index contributed by atoms with van der Waals surface area (Å²) >= 11 is 0. The van der Waals surface area contributed by atoms with Gasteiger partial charge >= 0.3 is 0 Å². The number of ether oxygens (including phenoxy) is 2. The lowest BCUT2D eigenvalue weighted by atomic mass is 10.1. The lowest BCUT2D eigenvalue weighted by molar-refractivity contribution is 0.0858. The molecule has 32 heavy (non-hydrogen) atoms. The minimum atomic E-state index is -0.340. The van der Waals surface area contributed by atoms with Crippen LogP contribution in [0.25, 0.3) is 0 Å². The molecule has 1 aliphatic heterocycles. The summed E-state index contributed by atoms with van der Waals surface area (Å²) in [5, 5.41) is 5.77. The number of benzene rings is 3. The molecule has 2 amide bonds. The smallest absolute Gasteiger partial charge is 0.259 e. The first kappa shape index (κ1) is 21.6. The molecule has 3 aromatic rings. The van der Waals surface area contributed by atoms with Crippen molar-refractivity contribution in [3.05, 3.63) is 95.6 Å². The van der Waals surface area contributed by atoms with E-state index in [-0.39, 0.29) is 17.9 Å². The Morgan fingerprint density at radius 2 is 1.59 bits per heavy atom. The second-order valence-corrected chi connectivity index (χ2v) is 7.62. The zero-order valence-corrected chi connectivity index (χ0v) is 17.8. The molecular weight excluding hydrogens is 404 g/mol. The molecule has 2 N–H and O–H groups in total. The van der Waals surface area contributed by atoms with E-state index in [0.717, 1.165) is 25.0 Å². The first-order valence-corrected chi connectivity index (χ1v) is 10.8. The Bertz CT molecular complexity index is 1060. The molecule has 1 heterocycles. The predicted molar refractivity (Wildman–Crippen MR) is 123 cm³/mol. The molecule has 0 radical (unpaired) electrons. The zero-order valence-electron chi connectivity index (χ0n) is 17.8. The summed E-state index contributed by atoms with van der Waals surface area (Å²) in [6.45, 7) is 1.55. The number of carbonyl (C=O) groups is 2. The fourth-order valence-corrected chi connectivity index (χ4v) is 3.60. The van der Waals surface area contributed by atoms with Crippen LogP contribution in [0.3, 0.4) is 0 Å². The van der Waals surface area contributed by atoms with Gasteiger partial charge in [-0.15, -0.1) is 0 Å². The van der Waals surface area contributed by atoms with Crippen LogP contribution in [0.1, 0.15) is 39.1 Å². The van der Waals surface area contributed by atoms with Gasteiger partial charge in [0.25, 0.3) is 11.8 Å². The van der Waals surface area contributed by atoms with Crippen molar-refractivity contribution in [2.24, 2.45) is 0 Å². The number of anilines is 1. The highest BCUT2D eigenvalue weighted by molar-refractivity contribution is 6.10. The number of para-hydroxylation sites is 2. The molecule has 0 spiro atoms. The van der Waals surface area contributed by atoms with E-state index in [9.17, 15) is 9.59 Å². The normalized spacial score (nSPS) is 15.2. The van der Waals surface area contributed by atoms with Crippen LogP contribution in [-0.2, 0) is 11.3 Å². The van der Waals surface area contributed by atoms with E-state index in [0.29, 0.717) is 35.7 Å². The highest BCUT2D eigenvalue weighted by Crippen LogP contribution is 2.23. The first-order chi connectivity index (χ1) is 15.7. The molecule has 4 rings (SSSR count). The minimum Gasteiger partial charge on any atom is -0.488 e. The van der Waals surface area contributed by atoms with Gasteiger partial charge in [-0.3, -0.25) is 9.59 Å². The third-order valence-corrected chi connectivity index (χ3v) is 5.30. The van der Waals surface area contributed by atoms with Crippen molar-refractivity contribution in [2.45, 2.75) is 25.6 Å². The van der Waals surface area contributed by atoms with Gasteiger partial charge < -0.3 is 20.1 Å². The van der Waals surface area contributed by atoms with E-state index in [1.807, 2.05) is 36.4 Å². The molecule has 6 nitrogen and oxygen atoms in total. The molecule has 3 aromatic carbocycles.